The highest BCUT2D eigenvalue weighted by Crippen LogP contribution is 2.20. The van der Waals surface area contributed by atoms with Gasteiger partial charge in [0.05, 0.1) is 16.6 Å². The van der Waals surface area contributed by atoms with Crippen LogP contribution >= 0.6 is 11.6 Å². The number of hydrazine groups is 1. The minimum absolute atomic E-state index is 0.183. The Labute approximate surface area is 177 Å². The minimum atomic E-state index is -0.494. The predicted octanol–water partition coefficient (Wildman–Crippen LogP) is 6.02. The fourth-order valence-electron chi connectivity index (χ4n) is 3.17. The van der Waals surface area contributed by atoms with Gasteiger partial charge in [-0.3, -0.25) is 15.0 Å². The number of nitrogens with one attached hydrogen (secondary N) is 1. The fourth-order valence-corrected chi connectivity index (χ4v) is 3.39. The topological polar surface area (TPSA) is 49.4 Å². The van der Waals surface area contributed by atoms with Gasteiger partial charge in [-0.1, -0.05) is 69.3 Å². The number of unbranched alkanes of at least 4 members (excludes halogenated alkanes) is 2. The Morgan fingerprint density at radius 3 is 2.28 bits per heavy atom. The van der Waals surface area contributed by atoms with Crippen molar-refractivity contribution < 1.29 is 14.0 Å². The lowest BCUT2D eigenvalue weighted by Gasteiger charge is -2.32. The third kappa shape index (κ3) is 6.57. The van der Waals surface area contributed by atoms with Crippen molar-refractivity contribution in [3.8, 4) is 0 Å². The van der Waals surface area contributed by atoms with Gasteiger partial charge in [0.15, 0.2) is 0 Å². The molecule has 0 aliphatic carbocycles. The lowest BCUT2D eigenvalue weighted by molar-refractivity contribution is 0.0450. The highest BCUT2D eigenvalue weighted by atomic mass is 35.5. The summed E-state index contributed by atoms with van der Waals surface area (Å²) in [6.45, 7) is 4.16. The van der Waals surface area contributed by atoms with Crippen LogP contribution in [-0.2, 0) is 0 Å². The molecule has 2 aromatic carbocycles. The van der Waals surface area contributed by atoms with E-state index in [2.05, 4.69) is 19.3 Å². The maximum Gasteiger partial charge on any atom is 0.272 e. The van der Waals surface area contributed by atoms with Crippen molar-refractivity contribution in [2.75, 3.05) is 0 Å². The molecule has 0 spiro atoms. The number of hydrogen-bond donors (Lipinski definition) is 1. The van der Waals surface area contributed by atoms with E-state index in [0.717, 1.165) is 38.5 Å². The summed E-state index contributed by atoms with van der Waals surface area (Å²) in [6.07, 6.45) is 5.29. The van der Waals surface area contributed by atoms with Crippen molar-refractivity contribution in [1.29, 1.82) is 0 Å². The van der Waals surface area contributed by atoms with Crippen molar-refractivity contribution in [3.05, 3.63) is 70.5 Å². The molecule has 0 heterocycles. The molecule has 2 amide bonds. The predicted molar refractivity (Wildman–Crippen MR) is 114 cm³/mol. The molecule has 0 aliphatic heterocycles. The van der Waals surface area contributed by atoms with Crippen LogP contribution in [0.2, 0.25) is 5.02 Å². The molecule has 156 valence electrons. The first-order valence-corrected chi connectivity index (χ1v) is 10.5. The molecule has 1 N–H and O–H groups in total. The molecule has 2 aromatic rings. The third-order valence-electron chi connectivity index (χ3n) is 4.78. The van der Waals surface area contributed by atoms with Crippen LogP contribution in [0.25, 0.3) is 0 Å². The van der Waals surface area contributed by atoms with Gasteiger partial charge in [-0.2, -0.15) is 0 Å². The molecule has 29 heavy (non-hydrogen) atoms. The van der Waals surface area contributed by atoms with Crippen molar-refractivity contribution in [2.24, 2.45) is 0 Å². The van der Waals surface area contributed by atoms with Crippen molar-refractivity contribution >= 4 is 23.4 Å². The van der Waals surface area contributed by atoms with Gasteiger partial charge < -0.3 is 0 Å². The molecule has 0 aliphatic rings. The van der Waals surface area contributed by atoms with Crippen molar-refractivity contribution in [1.82, 2.24) is 10.4 Å². The molecule has 0 bridgehead atoms. The number of hydrogen-bond acceptors (Lipinski definition) is 2. The molecular weight excluding hydrogens is 391 g/mol. The van der Waals surface area contributed by atoms with E-state index in [0.29, 0.717) is 5.02 Å². The largest absolute Gasteiger partial charge is 0.272 e. The molecule has 2 rings (SSSR count). The maximum atomic E-state index is 13.7. The van der Waals surface area contributed by atoms with Crippen LogP contribution < -0.4 is 5.43 Å². The SMILES string of the molecule is CCCCC(CCCC)N(NC(=O)c1ccccc1Cl)C(=O)c1cccc(F)c1. The van der Waals surface area contributed by atoms with Gasteiger partial charge in [0.2, 0.25) is 0 Å². The van der Waals surface area contributed by atoms with Gasteiger partial charge >= 0.3 is 0 Å². The average Bonchev–Trinajstić information content (AvgIpc) is 2.72. The van der Waals surface area contributed by atoms with Crippen LogP contribution in [0.3, 0.4) is 0 Å². The molecule has 0 fully saturated rings. The van der Waals surface area contributed by atoms with E-state index < -0.39 is 17.6 Å². The highest BCUT2D eigenvalue weighted by Gasteiger charge is 2.27. The second kappa shape index (κ2) is 11.6. The van der Waals surface area contributed by atoms with Crippen LogP contribution in [0, 0.1) is 5.82 Å². The first-order valence-electron chi connectivity index (χ1n) is 10.1. The number of carbonyl (C=O) groups excluding carboxylic acids is 2. The number of carbonyl (C=O) groups is 2. The molecule has 0 saturated carbocycles. The van der Waals surface area contributed by atoms with Gasteiger partial charge in [0.25, 0.3) is 11.8 Å². The number of amides is 2. The zero-order valence-corrected chi connectivity index (χ0v) is 17.7. The Kier molecular flexibility index (Phi) is 9.13. The van der Waals surface area contributed by atoms with E-state index in [-0.39, 0.29) is 17.2 Å². The van der Waals surface area contributed by atoms with Gasteiger partial charge in [-0.05, 0) is 43.2 Å². The third-order valence-corrected chi connectivity index (χ3v) is 5.11. The van der Waals surface area contributed by atoms with E-state index in [4.69, 9.17) is 11.6 Å². The van der Waals surface area contributed by atoms with Crippen LogP contribution in [0.4, 0.5) is 4.39 Å². The number of benzene rings is 2. The zero-order valence-electron chi connectivity index (χ0n) is 17.0. The highest BCUT2D eigenvalue weighted by molar-refractivity contribution is 6.33. The van der Waals surface area contributed by atoms with Gasteiger partial charge in [-0.15, -0.1) is 0 Å². The number of halogens is 2. The molecule has 0 radical (unpaired) electrons. The summed E-state index contributed by atoms with van der Waals surface area (Å²) in [5, 5.41) is 1.67. The van der Waals surface area contributed by atoms with Crippen molar-refractivity contribution in [2.45, 2.75) is 58.4 Å². The summed E-state index contributed by atoms with van der Waals surface area (Å²) in [6, 6.07) is 12.0. The van der Waals surface area contributed by atoms with Crippen LogP contribution in [0.5, 0.6) is 0 Å². The molecular formula is C23H28ClFN2O2. The second-order valence-electron chi connectivity index (χ2n) is 7.04. The molecule has 0 saturated heterocycles. The fraction of sp³-hybridized carbons (Fsp3) is 0.391. The van der Waals surface area contributed by atoms with Gasteiger partial charge in [-0.25, -0.2) is 9.40 Å². The van der Waals surface area contributed by atoms with Crippen LogP contribution in [-0.4, -0.2) is 22.9 Å². The quantitative estimate of drug-likeness (QED) is 0.506. The van der Waals surface area contributed by atoms with Gasteiger partial charge in [0, 0.05) is 5.56 Å². The maximum absolute atomic E-state index is 13.7. The second-order valence-corrected chi connectivity index (χ2v) is 7.45. The molecule has 0 unspecified atom stereocenters. The van der Waals surface area contributed by atoms with Crippen LogP contribution in [0.15, 0.2) is 48.5 Å². The molecule has 6 heteroatoms. The number of nitrogens with zero attached hydrogens (tertiary/aromatic N) is 1. The summed E-state index contributed by atoms with van der Waals surface area (Å²) in [4.78, 5) is 26.1. The number of rotatable bonds is 9. The van der Waals surface area contributed by atoms with E-state index in [9.17, 15) is 14.0 Å². The Morgan fingerprint density at radius 2 is 1.69 bits per heavy atom. The molecule has 0 atom stereocenters. The lowest BCUT2D eigenvalue weighted by Crippen LogP contribution is -2.52. The summed E-state index contributed by atoms with van der Waals surface area (Å²) in [7, 11) is 0. The minimum Gasteiger partial charge on any atom is -0.267 e. The average molecular weight is 419 g/mol. The first kappa shape index (κ1) is 22.9. The van der Waals surface area contributed by atoms with Crippen LogP contribution in [0.1, 0.15) is 73.1 Å². The summed E-state index contributed by atoms with van der Waals surface area (Å²) in [5.74, 6) is -1.38. The Hall–Kier alpha value is -2.40. The molecule has 0 aromatic heterocycles. The summed E-state index contributed by atoms with van der Waals surface area (Å²) >= 11 is 6.15. The lowest BCUT2D eigenvalue weighted by atomic mass is 10.0. The monoisotopic (exact) mass is 418 g/mol. The zero-order chi connectivity index (χ0) is 21.2. The smallest absolute Gasteiger partial charge is 0.267 e. The summed E-state index contributed by atoms with van der Waals surface area (Å²) in [5.41, 5.74) is 3.23. The standard InChI is InChI=1S/C23H28ClFN2O2/c1-3-5-12-19(13-6-4-2)27(23(29)17-10-9-11-18(25)16-17)26-22(28)20-14-7-8-15-21(20)24/h7-11,14-16,19H,3-6,12-13H2,1-2H3,(H,26,28). The normalized spacial score (nSPS) is 10.8. The van der Waals surface area contributed by atoms with Gasteiger partial charge in [0.1, 0.15) is 5.82 Å². The van der Waals surface area contributed by atoms with E-state index in [1.54, 1.807) is 30.3 Å². The summed E-state index contributed by atoms with van der Waals surface area (Å²) < 4.78 is 13.7. The Morgan fingerprint density at radius 1 is 1.03 bits per heavy atom. The first-order chi connectivity index (χ1) is 14.0. The van der Waals surface area contributed by atoms with E-state index in [1.807, 2.05) is 0 Å². The Balaban J connectivity index is 2.35. The molecule has 4 nitrogen and oxygen atoms in total. The van der Waals surface area contributed by atoms with E-state index in [1.165, 1.54) is 23.2 Å². The van der Waals surface area contributed by atoms with E-state index >= 15 is 0 Å². The van der Waals surface area contributed by atoms with Crippen molar-refractivity contribution in [3.63, 3.8) is 0 Å². The Bertz CT molecular complexity index is 820.